The molecule has 0 bridgehead atoms. The van der Waals surface area contributed by atoms with Crippen LogP contribution in [0, 0.1) is 0 Å². The molecule has 0 atom stereocenters. The normalized spacial score (nSPS) is 17.3. The highest BCUT2D eigenvalue weighted by Gasteiger charge is 2.27. The van der Waals surface area contributed by atoms with Crippen molar-refractivity contribution in [1.82, 2.24) is 0 Å². The molecule has 1 aromatic carbocycles. The summed E-state index contributed by atoms with van der Waals surface area (Å²) in [7, 11) is 0. The van der Waals surface area contributed by atoms with Gasteiger partial charge in [0.15, 0.2) is 0 Å². The molecular weight excluding hydrogens is 390 g/mol. The van der Waals surface area contributed by atoms with E-state index < -0.39 is 0 Å². The molecule has 1 aliphatic heterocycles. The van der Waals surface area contributed by atoms with Crippen molar-refractivity contribution in [2.75, 3.05) is 5.32 Å². The summed E-state index contributed by atoms with van der Waals surface area (Å²) in [4.78, 5) is 12.5. The van der Waals surface area contributed by atoms with E-state index in [-0.39, 0.29) is 5.91 Å². The van der Waals surface area contributed by atoms with Crippen molar-refractivity contribution >= 4 is 39.2 Å². The first-order valence-corrected chi connectivity index (χ1v) is 10.4. The van der Waals surface area contributed by atoms with Gasteiger partial charge in [0.2, 0.25) is 0 Å². The minimum Gasteiger partial charge on any atom is -0.461 e. The summed E-state index contributed by atoms with van der Waals surface area (Å²) in [6.07, 6.45) is 11.2. The summed E-state index contributed by atoms with van der Waals surface area (Å²) >= 11 is 3.51. The second-order valence-corrected chi connectivity index (χ2v) is 8.13. The Hall–Kier alpha value is -1.81. The molecule has 0 radical (unpaired) electrons. The van der Waals surface area contributed by atoms with Gasteiger partial charge in [-0.05, 0) is 61.9 Å². The summed E-state index contributed by atoms with van der Waals surface area (Å²) < 4.78 is 7.23. The zero-order valence-electron chi connectivity index (χ0n) is 15.2. The van der Waals surface area contributed by atoms with Crippen molar-refractivity contribution in [2.45, 2.75) is 58.3 Å². The molecule has 1 amide bonds. The van der Waals surface area contributed by atoms with Gasteiger partial charge in [-0.1, -0.05) is 35.7 Å². The maximum atomic E-state index is 12.5. The summed E-state index contributed by atoms with van der Waals surface area (Å²) in [5, 5.41) is 2.96. The SMILES string of the molecule is CCCCCc1c(C=C2C(=O)Nc3ccc(Br)cc32)oc2c1CCCC2. The average Bonchev–Trinajstić information content (AvgIpc) is 3.13. The van der Waals surface area contributed by atoms with Crippen LogP contribution >= 0.6 is 15.9 Å². The third kappa shape index (κ3) is 3.27. The van der Waals surface area contributed by atoms with Gasteiger partial charge in [0, 0.05) is 27.7 Å². The van der Waals surface area contributed by atoms with Gasteiger partial charge in [0.25, 0.3) is 5.91 Å². The fraction of sp³-hybridized carbons (Fsp3) is 0.409. The molecule has 0 fully saturated rings. The van der Waals surface area contributed by atoms with E-state index >= 15 is 0 Å². The first-order chi connectivity index (χ1) is 12.7. The zero-order valence-corrected chi connectivity index (χ0v) is 16.7. The minimum atomic E-state index is -0.0491. The highest BCUT2D eigenvalue weighted by molar-refractivity contribution is 9.10. The molecule has 2 aromatic rings. The molecule has 1 aromatic heterocycles. The molecule has 136 valence electrons. The van der Waals surface area contributed by atoms with E-state index in [0.717, 1.165) is 46.5 Å². The van der Waals surface area contributed by atoms with E-state index in [2.05, 4.69) is 28.2 Å². The number of unbranched alkanes of at least 4 members (excludes halogenated alkanes) is 2. The smallest absolute Gasteiger partial charge is 0.256 e. The third-order valence-electron chi connectivity index (χ3n) is 5.38. The van der Waals surface area contributed by atoms with Gasteiger partial charge in [-0.2, -0.15) is 0 Å². The number of carbonyl (C=O) groups is 1. The number of nitrogens with one attached hydrogen (secondary N) is 1. The van der Waals surface area contributed by atoms with E-state index in [1.165, 1.54) is 43.2 Å². The fourth-order valence-corrected chi connectivity index (χ4v) is 4.39. The molecule has 0 spiro atoms. The van der Waals surface area contributed by atoms with Crippen LogP contribution in [0.2, 0.25) is 0 Å². The van der Waals surface area contributed by atoms with E-state index in [1.54, 1.807) is 0 Å². The van der Waals surface area contributed by atoms with Crippen LogP contribution in [-0.4, -0.2) is 5.91 Å². The van der Waals surface area contributed by atoms with E-state index in [4.69, 9.17) is 4.42 Å². The Morgan fingerprint density at radius 1 is 1.23 bits per heavy atom. The third-order valence-corrected chi connectivity index (χ3v) is 5.88. The van der Waals surface area contributed by atoms with Crippen LogP contribution < -0.4 is 5.32 Å². The van der Waals surface area contributed by atoms with Gasteiger partial charge in [0.1, 0.15) is 11.5 Å². The summed E-state index contributed by atoms with van der Waals surface area (Å²) in [5.74, 6) is 1.99. The summed E-state index contributed by atoms with van der Waals surface area (Å²) in [6.45, 7) is 2.23. The van der Waals surface area contributed by atoms with Crippen molar-refractivity contribution in [2.24, 2.45) is 0 Å². The topological polar surface area (TPSA) is 42.2 Å². The van der Waals surface area contributed by atoms with Gasteiger partial charge < -0.3 is 9.73 Å². The Balaban J connectivity index is 1.76. The highest BCUT2D eigenvalue weighted by Crippen LogP contribution is 2.38. The summed E-state index contributed by atoms with van der Waals surface area (Å²) in [6, 6.07) is 5.88. The van der Waals surface area contributed by atoms with Crippen LogP contribution in [0.3, 0.4) is 0 Å². The van der Waals surface area contributed by atoms with Crippen molar-refractivity contribution in [3.8, 4) is 0 Å². The van der Waals surface area contributed by atoms with Gasteiger partial charge in [-0.3, -0.25) is 4.79 Å². The Morgan fingerprint density at radius 2 is 2.08 bits per heavy atom. The maximum absolute atomic E-state index is 12.5. The van der Waals surface area contributed by atoms with Gasteiger partial charge in [-0.25, -0.2) is 0 Å². The van der Waals surface area contributed by atoms with Crippen molar-refractivity contribution in [1.29, 1.82) is 0 Å². The molecule has 4 heteroatoms. The van der Waals surface area contributed by atoms with Gasteiger partial charge in [-0.15, -0.1) is 0 Å². The van der Waals surface area contributed by atoms with Crippen LogP contribution in [0.15, 0.2) is 27.1 Å². The number of carbonyl (C=O) groups excluding carboxylic acids is 1. The highest BCUT2D eigenvalue weighted by atomic mass is 79.9. The molecule has 4 rings (SSSR count). The van der Waals surface area contributed by atoms with Crippen molar-refractivity contribution in [3.05, 3.63) is 50.9 Å². The average molecular weight is 414 g/mol. The van der Waals surface area contributed by atoms with Crippen LogP contribution in [0.5, 0.6) is 0 Å². The number of furan rings is 1. The fourth-order valence-electron chi connectivity index (χ4n) is 4.03. The Kier molecular flexibility index (Phi) is 5.03. The number of hydrogen-bond acceptors (Lipinski definition) is 2. The number of benzene rings is 1. The Bertz CT molecular complexity index is 879. The van der Waals surface area contributed by atoms with Crippen molar-refractivity contribution < 1.29 is 9.21 Å². The molecule has 1 N–H and O–H groups in total. The molecule has 1 aliphatic carbocycles. The molecule has 0 unspecified atom stereocenters. The first kappa shape index (κ1) is 17.6. The lowest BCUT2D eigenvalue weighted by Crippen LogP contribution is -2.04. The maximum Gasteiger partial charge on any atom is 0.256 e. The number of aryl methyl sites for hydroxylation is 1. The van der Waals surface area contributed by atoms with Crippen LogP contribution in [0.4, 0.5) is 5.69 Å². The second-order valence-electron chi connectivity index (χ2n) is 7.21. The van der Waals surface area contributed by atoms with Crippen LogP contribution in [-0.2, 0) is 24.1 Å². The lowest BCUT2D eigenvalue weighted by Gasteiger charge is -2.10. The number of amides is 1. The molecular formula is C22H24BrNO2. The number of fused-ring (bicyclic) bond motifs is 2. The van der Waals surface area contributed by atoms with Crippen LogP contribution in [0.25, 0.3) is 11.6 Å². The Labute approximate surface area is 163 Å². The van der Waals surface area contributed by atoms with Gasteiger partial charge >= 0.3 is 0 Å². The number of hydrogen-bond donors (Lipinski definition) is 1. The lowest BCUT2D eigenvalue weighted by molar-refractivity contribution is -0.110. The number of anilines is 1. The number of halogens is 1. The molecule has 3 nitrogen and oxygen atoms in total. The molecule has 2 aliphatic rings. The molecule has 0 saturated heterocycles. The molecule has 0 saturated carbocycles. The zero-order chi connectivity index (χ0) is 18.1. The summed E-state index contributed by atoms with van der Waals surface area (Å²) in [5.41, 5.74) is 5.25. The number of rotatable bonds is 5. The monoisotopic (exact) mass is 413 g/mol. The molecule has 26 heavy (non-hydrogen) atoms. The van der Waals surface area contributed by atoms with E-state index in [1.807, 2.05) is 24.3 Å². The molecule has 2 heterocycles. The predicted octanol–water partition coefficient (Wildman–Crippen LogP) is 6.15. The lowest BCUT2D eigenvalue weighted by atomic mass is 9.92. The first-order valence-electron chi connectivity index (χ1n) is 9.63. The van der Waals surface area contributed by atoms with Gasteiger partial charge in [0.05, 0.1) is 5.57 Å². The van der Waals surface area contributed by atoms with Crippen LogP contribution in [0.1, 0.15) is 67.2 Å². The second kappa shape index (κ2) is 7.43. The largest absolute Gasteiger partial charge is 0.461 e. The van der Waals surface area contributed by atoms with Crippen molar-refractivity contribution in [3.63, 3.8) is 0 Å². The minimum absolute atomic E-state index is 0.0491. The predicted molar refractivity (Wildman–Crippen MR) is 109 cm³/mol. The van der Waals surface area contributed by atoms with E-state index in [9.17, 15) is 4.79 Å². The quantitative estimate of drug-likeness (QED) is 0.471. The Morgan fingerprint density at radius 3 is 2.92 bits per heavy atom. The van der Waals surface area contributed by atoms with E-state index in [0.29, 0.717) is 5.57 Å². The standard InChI is InChI=1S/C22H24BrNO2/c1-2-3-4-7-16-15-8-5-6-9-20(15)26-21(16)13-18-17-12-14(23)10-11-19(17)24-22(18)25/h10-13H,2-9H2,1H3,(H,24,25).